The number of hydrogen-bond donors (Lipinski definition) is 1. The third-order valence-electron chi connectivity index (χ3n) is 3.50. The van der Waals surface area contributed by atoms with Crippen molar-refractivity contribution in [2.75, 3.05) is 12.8 Å². The molecule has 21 heavy (non-hydrogen) atoms. The maximum Gasteiger partial charge on any atom is 0.254 e. The molecule has 2 aromatic carbocycles. The normalized spacial score (nSPS) is 12.0. The van der Waals surface area contributed by atoms with Crippen molar-refractivity contribution in [3.05, 3.63) is 63.9 Å². The number of carbonyl (C=O) groups excluding carboxylic acids is 1. The summed E-state index contributed by atoms with van der Waals surface area (Å²) in [5.74, 6) is -0.407. The fourth-order valence-electron chi connectivity index (χ4n) is 2.00. The number of anilines is 1. The van der Waals surface area contributed by atoms with E-state index in [1.54, 1.807) is 42.3 Å². The monoisotopic (exact) mass is 350 g/mol. The van der Waals surface area contributed by atoms with Crippen LogP contribution < -0.4 is 5.73 Å². The quantitative estimate of drug-likeness (QED) is 0.850. The zero-order valence-electron chi connectivity index (χ0n) is 11.8. The van der Waals surface area contributed by atoms with E-state index in [4.69, 9.17) is 5.73 Å². The van der Waals surface area contributed by atoms with Crippen LogP contribution in [0.1, 0.15) is 28.9 Å². The van der Waals surface area contributed by atoms with E-state index >= 15 is 0 Å². The van der Waals surface area contributed by atoms with Crippen molar-refractivity contribution < 1.29 is 9.18 Å². The number of rotatable bonds is 3. The molecule has 0 saturated carbocycles. The second-order valence-corrected chi connectivity index (χ2v) is 5.73. The average Bonchev–Trinajstić information content (AvgIpc) is 2.48. The molecule has 0 aliphatic heterocycles. The molecule has 2 rings (SSSR count). The highest BCUT2D eigenvalue weighted by molar-refractivity contribution is 9.10. The molecule has 2 aromatic rings. The van der Waals surface area contributed by atoms with E-state index in [2.05, 4.69) is 15.9 Å². The molecule has 0 bridgehead atoms. The van der Waals surface area contributed by atoms with E-state index < -0.39 is 0 Å². The van der Waals surface area contributed by atoms with Crippen LogP contribution in [0.25, 0.3) is 0 Å². The van der Waals surface area contributed by atoms with Gasteiger partial charge in [0.2, 0.25) is 0 Å². The van der Waals surface area contributed by atoms with Crippen molar-refractivity contribution in [1.29, 1.82) is 0 Å². The van der Waals surface area contributed by atoms with Gasteiger partial charge in [0.25, 0.3) is 5.91 Å². The molecule has 5 heteroatoms. The highest BCUT2D eigenvalue weighted by Gasteiger charge is 2.19. The van der Waals surface area contributed by atoms with E-state index in [0.29, 0.717) is 15.7 Å². The summed E-state index contributed by atoms with van der Waals surface area (Å²) in [5, 5.41) is 0. The van der Waals surface area contributed by atoms with Crippen LogP contribution in [0.2, 0.25) is 0 Å². The molecule has 0 aliphatic carbocycles. The van der Waals surface area contributed by atoms with Crippen LogP contribution in [-0.2, 0) is 0 Å². The molecular formula is C16H16BrFN2O. The zero-order chi connectivity index (χ0) is 15.6. The van der Waals surface area contributed by atoms with Crippen LogP contribution in [0.5, 0.6) is 0 Å². The largest absolute Gasteiger partial charge is 0.398 e. The summed E-state index contributed by atoms with van der Waals surface area (Å²) in [5.41, 5.74) is 7.73. The fraction of sp³-hybridized carbons (Fsp3) is 0.188. The predicted octanol–water partition coefficient (Wildman–Crippen LogP) is 4.00. The molecular weight excluding hydrogens is 335 g/mol. The highest BCUT2D eigenvalue weighted by Crippen LogP contribution is 2.24. The fourth-order valence-corrected chi connectivity index (χ4v) is 2.38. The van der Waals surface area contributed by atoms with Gasteiger partial charge >= 0.3 is 0 Å². The minimum Gasteiger partial charge on any atom is -0.398 e. The zero-order valence-corrected chi connectivity index (χ0v) is 13.4. The van der Waals surface area contributed by atoms with Crippen LogP contribution >= 0.6 is 15.9 Å². The molecule has 0 saturated heterocycles. The molecule has 1 unspecified atom stereocenters. The molecule has 0 aromatic heterocycles. The van der Waals surface area contributed by atoms with Gasteiger partial charge in [0.15, 0.2) is 0 Å². The summed E-state index contributed by atoms with van der Waals surface area (Å²) >= 11 is 3.32. The Morgan fingerprint density at radius 1 is 1.24 bits per heavy atom. The summed E-state index contributed by atoms with van der Waals surface area (Å²) in [4.78, 5) is 14.1. The predicted molar refractivity (Wildman–Crippen MR) is 85.5 cm³/mol. The number of nitrogens with two attached hydrogens (primary N) is 1. The standard InChI is InChI=1S/C16H16BrFN2O/c1-10(11-3-6-13(18)7-4-11)20(2)16(21)12-5-8-15(19)14(17)9-12/h3-10H,19H2,1-2H3. The molecule has 1 amide bonds. The number of nitrogens with zero attached hydrogens (tertiary/aromatic N) is 1. The van der Waals surface area contributed by atoms with Gasteiger partial charge in [-0.2, -0.15) is 0 Å². The van der Waals surface area contributed by atoms with Crippen molar-refractivity contribution in [2.45, 2.75) is 13.0 Å². The number of hydrogen-bond acceptors (Lipinski definition) is 2. The van der Waals surface area contributed by atoms with E-state index in [1.165, 1.54) is 12.1 Å². The molecule has 0 radical (unpaired) electrons. The third kappa shape index (κ3) is 3.42. The van der Waals surface area contributed by atoms with E-state index in [1.807, 2.05) is 6.92 Å². The minimum atomic E-state index is -0.289. The molecule has 0 heterocycles. The third-order valence-corrected chi connectivity index (χ3v) is 4.19. The minimum absolute atomic E-state index is 0.118. The highest BCUT2D eigenvalue weighted by atomic mass is 79.9. The lowest BCUT2D eigenvalue weighted by molar-refractivity contribution is 0.0742. The van der Waals surface area contributed by atoms with Gasteiger partial charge < -0.3 is 10.6 Å². The molecule has 0 fully saturated rings. The molecule has 3 nitrogen and oxygen atoms in total. The molecule has 0 aliphatic rings. The van der Waals surface area contributed by atoms with Crippen LogP contribution in [0, 0.1) is 5.82 Å². The second kappa shape index (κ2) is 6.26. The second-order valence-electron chi connectivity index (χ2n) is 4.88. The van der Waals surface area contributed by atoms with Gasteiger partial charge in [0.05, 0.1) is 6.04 Å². The summed E-state index contributed by atoms with van der Waals surface area (Å²) in [6, 6.07) is 11.1. The molecule has 2 N–H and O–H groups in total. The lowest BCUT2D eigenvalue weighted by atomic mass is 10.1. The number of nitrogen functional groups attached to an aromatic ring is 1. The Balaban J connectivity index is 2.21. The van der Waals surface area contributed by atoms with Crippen molar-refractivity contribution in [3.8, 4) is 0 Å². The summed E-state index contributed by atoms with van der Waals surface area (Å²) < 4.78 is 13.7. The molecule has 0 spiro atoms. The Morgan fingerprint density at radius 3 is 2.43 bits per heavy atom. The smallest absolute Gasteiger partial charge is 0.254 e. The summed E-state index contributed by atoms with van der Waals surface area (Å²) in [6.45, 7) is 1.90. The van der Waals surface area contributed by atoms with Crippen molar-refractivity contribution in [1.82, 2.24) is 4.90 Å². The Labute approximate surface area is 131 Å². The van der Waals surface area contributed by atoms with Gasteiger partial charge in [0, 0.05) is 22.8 Å². The van der Waals surface area contributed by atoms with Crippen LogP contribution in [0.3, 0.4) is 0 Å². The maximum atomic E-state index is 13.0. The lowest BCUT2D eigenvalue weighted by Crippen LogP contribution is -2.29. The SMILES string of the molecule is CC(c1ccc(F)cc1)N(C)C(=O)c1ccc(N)c(Br)c1. The van der Waals surface area contributed by atoms with Gasteiger partial charge in [-0.3, -0.25) is 4.79 Å². The van der Waals surface area contributed by atoms with Gasteiger partial charge in [-0.25, -0.2) is 4.39 Å². The van der Waals surface area contributed by atoms with Crippen molar-refractivity contribution >= 4 is 27.5 Å². The van der Waals surface area contributed by atoms with Crippen LogP contribution in [0.15, 0.2) is 46.9 Å². The summed E-state index contributed by atoms with van der Waals surface area (Å²) in [7, 11) is 1.72. The first-order chi connectivity index (χ1) is 9.90. The van der Waals surface area contributed by atoms with Gasteiger partial charge in [-0.05, 0) is 58.7 Å². The van der Waals surface area contributed by atoms with Crippen LogP contribution in [0.4, 0.5) is 10.1 Å². The lowest BCUT2D eigenvalue weighted by Gasteiger charge is -2.25. The van der Waals surface area contributed by atoms with E-state index in [9.17, 15) is 9.18 Å². The van der Waals surface area contributed by atoms with Crippen molar-refractivity contribution in [2.24, 2.45) is 0 Å². The number of benzene rings is 2. The topological polar surface area (TPSA) is 46.3 Å². The molecule has 110 valence electrons. The number of halogens is 2. The van der Waals surface area contributed by atoms with Gasteiger partial charge in [0.1, 0.15) is 5.82 Å². The Morgan fingerprint density at radius 2 is 1.86 bits per heavy atom. The van der Waals surface area contributed by atoms with Crippen LogP contribution in [-0.4, -0.2) is 17.9 Å². The Kier molecular flexibility index (Phi) is 4.63. The maximum absolute atomic E-state index is 13.0. The van der Waals surface area contributed by atoms with E-state index in [-0.39, 0.29) is 17.8 Å². The molecule has 1 atom stereocenters. The number of amides is 1. The van der Waals surface area contributed by atoms with Gasteiger partial charge in [-0.15, -0.1) is 0 Å². The van der Waals surface area contributed by atoms with Gasteiger partial charge in [-0.1, -0.05) is 12.1 Å². The summed E-state index contributed by atoms with van der Waals surface area (Å²) in [6.07, 6.45) is 0. The first kappa shape index (κ1) is 15.5. The van der Waals surface area contributed by atoms with Crippen molar-refractivity contribution in [3.63, 3.8) is 0 Å². The average molecular weight is 351 g/mol. The first-order valence-electron chi connectivity index (χ1n) is 6.48. The Bertz CT molecular complexity index is 658. The Hall–Kier alpha value is -1.88. The number of carbonyl (C=O) groups is 1. The van der Waals surface area contributed by atoms with E-state index in [0.717, 1.165) is 5.56 Å². The first-order valence-corrected chi connectivity index (χ1v) is 7.27.